The van der Waals surface area contributed by atoms with E-state index in [4.69, 9.17) is 5.41 Å². The maximum atomic E-state index is 7.28. The maximum absolute atomic E-state index is 7.28. The van der Waals surface area contributed by atoms with Gasteiger partial charge in [0.15, 0.2) is 0 Å². The van der Waals surface area contributed by atoms with Crippen molar-refractivity contribution in [1.29, 1.82) is 5.41 Å². The summed E-state index contributed by atoms with van der Waals surface area (Å²) in [5, 5.41) is 8.42. The second kappa shape index (κ2) is 3.58. The monoisotopic (exact) mass is 184 g/mol. The molecule has 14 heavy (non-hydrogen) atoms. The molecule has 1 unspecified atom stereocenters. The van der Waals surface area contributed by atoms with E-state index in [1.807, 2.05) is 25.1 Å². The molecule has 0 saturated carbocycles. The van der Waals surface area contributed by atoms with Gasteiger partial charge in [-0.05, 0) is 17.7 Å². The fourth-order valence-electron chi connectivity index (χ4n) is 1.61. The summed E-state index contributed by atoms with van der Waals surface area (Å²) < 4.78 is 0. The van der Waals surface area contributed by atoms with Crippen LogP contribution in [0.25, 0.3) is 10.9 Å². The number of rotatable bonds is 2. The van der Waals surface area contributed by atoms with Crippen LogP contribution in [0.2, 0.25) is 0 Å². The summed E-state index contributed by atoms with van der Waals surface area (Å²) in [6.07, 6.45) is 3.25. The minimum atomic E-state index is 0.155. The van der Waals surface area contributed by atoms with Crippen LogP contribution in [-0.2, 0) is 0 Å². The van der Waals surface area contributed by atoms with Crippen molar-refractivity contribution in [2.75, 3.05) is 0 Å². The van der Waals surface area contributed by atoms with Crippen molar-refractivity contribution < 1.29 is 0 Å². The van der Waals surface area contributed by atoms with Gasteiger partial charge in [-0.3, -0.25) is 4.98 Å². The van der Waals surface area contributed by atoms with Gasteiger partial charge < -0.3 is 5.41 Å². The van der Waals surface area contributed by atoms with E-state index in [2.05, 4.69) is 17.1 Å². The number of fused-ring (bicyclic) bond motifs is 1. The van der Waals surface area contributed by atoms with E-state index in [1.54, 1.807) is 6.20 Å². The summed E-state index contributed by atoms with van der Waals surface area (Å²) >= 11 is 0. The number of nitrogens with zero attached hydrogens (tertiary/aromatic N) is 1. The third-order valence-corrected chi connectivity index (χ3v) is 2.42. The molecule has 1 atom stereocenters. The van der Waals surface area contributed by atoms with Crippen LogP contribution >= 0.6 is 0 Å². The van der Waals surface area contributed by atoms with Crippen LogP contribution < -0.4 is 0 Å². The fourth-order valence-corrected chi connectivity index (χ4v) is 1.61. The summed E-state index contributed by atoms with van der Waals surface area (Å²) in [6.45, 7) is 2.02. The van der Waals surface area contributed by atoms with Crippen LogP contribution in [0, 0.1) is 5.41 Å². The van der Waals surface area contributed by atoms with Crippen molar-refractivity contribution in [3.05, 3.63) is 42.1 Å². The molecule has 2 rings (SSSR count). The zero-order valence-corrected chi connectivity index (χ0v) is 8.07. The molecule has 0 bridgehead atoms. The molecule has 0 aliphatic carbocycles. The Morgan fingerprint density at radius 3 is 2.93 bits per heavy atom. The normalized spacial score (nSPS) is 12.6. The Morgan fingerprint density at radius 2 is 2.14 bits per heavy atom. The zero-order valence-electron chi connectivity index (χ0n) is 8.07. The molecule has 1 aromatic heterocycles. The highest BCUT2D eigenvalue weighted by molar-refractivity contribution is 5.85. The van der Waals surface area contributed by atoms with E-state index < -0.39 is 0 Å². The molecule has 1 N–H and O–H groups in total. The molecular weight excluding hydrogens is 172 g/mol. The van der Waals surface area contributed by atoms with Crippen LogP contribution in [0.4, 0.5) is 0 Å². The van der Waals surface area contributed by atoms with Gasteiger partial charge in [0.1, 0.15) is 0 Å². The standard InChI is InChI=1S/C12H12N2/c1-9(8-13)10-4-2-6-12-11(10)5-3-7-14-12/h2-9,13H,1H3. The van der Waals surface area contributed by atoms with E-state index in [0.29, 0.717) is 0 Å². The lowest BCUT2D eigenvalue weighted by atomic mass is 9.98. The Morgan fingerprint density at radius 1 is 1.29 bits per heavy atom. The Balaban J connectivity index is 2.70. The topological polar surface area (TPSA) is 36.7 Å². The van der Waals surface area contributed by atoms with Crippen LogP contribution in [0.1, 0.15) is 18.4 Å². The van der Waals surface area contributed by atoms with Gasteiger partial charge in [-0.25, -0.2) is 0 Å². The first-order chi connectivity index (χ1) is 6.83. The quantitative estimate of drug-likeness (QED) is 0.716. The number of nitrogens with one attached hydrogen (secondary N) is 1. The first-order valence-electron chi connectivity index (χ1n) is 4.67. The largest absolute Gasteiger partial charge is 0.312 e. The Hall–Kier alpha value is -1.70. The number of benzene rings is 1. The highest BCUT2D eigenvalue weighted by atomic mass is 14.6. The van der Waals surface area contributed by atoms with E-state index in [1.165, 1.54) is 11.8 Å². The highest BCUT2D eigenvalue weighted by Gasteiger charge is 2.05. The lowest BCUT2D eigenvalue weighted by Gasteiger charge is -2.08. The van der Waals surface area contributed by atoms with Crippen molar-refractivity contribution in [3.8, 4) is 0 Å². The number of aromatic nitrogens is 1. The van der Waals surface area contributed by atoms with Crippen molar-refractivity contribution in [3.63, 3.8) is 0 Å². The highest BCUT2D eigenvalue weighted by Crippen LogP contribution is 2.22. The summed E-state index contributed by atoms with van der Waals surface area (Å²) in [6, 6.07) is 10.0. The molecule has 2 aromatic rings. The molecule has 2 nitrogen and oxygen atoms in total. The number of hydrogen-bond donors (Lipinski definition) is 1. The van der Waals surface area contributed by atoms with E-state index in [-0.39, 0.29) is 5.92 Å². The van der Waals surface area contributed by atoms with E-state index in [9.17, 15) is 0 Å². The zero-order chi connectivity index (χ0) is 9.97. The molecule has 0 saturated heterocycles. The minimum Gasteiger partial charge on any atom is -0.312 e. The first-order valence-corrected chi connectivity index (χ1v) is 4.67. The second-order valence-electron chi connectivity index (χ2n) is 3.37. The van der Waals surface area contributed by atoms with Gasteiger partial charge in [-0.1, -0.05) is 25.1 Å². The van der Waals surface area contributed by atoms with Crippen molar-refractivity contribution >= 4 is 17.1 Å². The van der Waals surface area contributed by atoms with Gasteiger partial charge in [0.05, 0.1) is 5.52 Å². The SMILES string of the molecule is CC(C=N)c1cccc2ncccc12. The van der Waals surface area contributed by atoms with Gasteiger partial charge in [0, 0.05) is 23.7 Å². The van der Waals surface area contributed by atoms with E-state index in [0.717, 1.165) is 10.9 Å². The molecular formula is C12H12N2. The predicted octanol–water partition coefficient (Wildman–Crippen LogP) is 2.99. The van der Waals surface area contributed by atoms with Crippen LogP contribution in [0.3, 0.4) is 0 Å². The third-order valence-electron chi connectivity index (χ3n) is 2.42. The molecule has 1 heterocycles. The van der Waals surface area contributed by atoms with E-state index >= 15 is 0 Å². The fraction of sp³-hybridized carbons (Fsp3) is 0.167. The molecule has 0 radical (unpaired) electrons. The smallest absolute Gasteiger partial charge is 0.0704 e. The summed E-state index contributed by atoms with van der Waals surface area (Å²) in [4.78, 5) is 4.28. The van der Waals surface area contributed by atoms with Crippen molar-refractivity contribution in [2.24, 2.45) is 0 Å². The Labute approximate surface area is 83.1 Å². The third kappa shape index (κ3) is 1.39. The summed E-state index contributed by atoms with van der Waals surface area (Å²) in [5.41, 5.74) is 2.17. The molecule has 0 fully saturated rings. The lowest BCUT2D eigenvalue weighted by molar-refractivity contribution is 1.05. The van der Waals surface area contributed by atoms with Crippen LogP contribution in [-0.4, -0.2) is 11.2 Å². The van der Waals surface area contributed by atoms with Crippen molar-refractivity contribution in [1.82, 2.24) is 4.98 Å². The molecule has 70 valence electrons. The molecule has 1 aromatic carbocycles. The maximum Gasteiger partial charge on any atom is 0.0704 e. The average molecular weight is 184 g/mol. The minimum absolute atomic E-state index is 0.155. The molecule has 0 aliphatic rings. The molecule has 2 heteroatoms. The van der Waals surface area contributed by atoms with Crippen LogP contribution in [0.15, 0.2) is 36.5 Å². The first kappa shape index (κ1) is 8.88. The Bertz CT molecular complexity index is 457. The van der Waals surface area contributed by atoms with Crippen LogP contribution in [0.5, 0.6) is 0 Å². The predicted molar refractivity (Wildman–Crippen MR) is 58.9 cm³/mol. The van der Waals surface area contributed by atoms with Gasteiger partial charge >= 0.3 is 0 Å². The van der Waals surface area contributed by atoms with Crippen molar-refractivity contribution in [2.45, 2.75) is 12.8 Å². The Kier molecular flexibility index (Phi) is 2.27. The molecule has 0 aliphatic heterocycles. The lowest BCUT2D eigenvalue weighted by Crippen LogP contribution is -1.95. The summed E-state index contributed by atoms with van der Waals surface area (Å²) in [5.74, 6) is 0.155. The number of hydrogen-bond acceptors (Lipinski definition) is 2. The van der Waals surface area contributed by atoms with Gasteiger partial charge in [0.2, 0.25) is 0 Å². The molecule has 0 amide bonds. The summed E-state index contributed by atoms with van der Waals surface area (Å²) in [7, 11) is 0. The average Bonchev–Trinajstić information content (AvgIpc) is 2.27. The van der Waals surface area contributed by atoms with Gasteiger partial charge in [-0.15, -0.1) is 0 Å². The second-order valence-corrected chi connectivity index (χ2v) is 3.37. The van der Waals surface area contributed by atoms with Gasteiger partial charge in [-0.2, -0.15) is 0 Å². The molecule has 0 spiro atoms. The number of pyridine rings is 1. The van der Waals surface area contributed by atoms with Gasteiger partial charge in [0.25, 0.3) is 0 Å².